The van der Waals surface area contributed by atoms with Crippen LogP contribution in [0.5, 0.6) is 5.75 Å². The van der Waals surface area contributed by atoms with Crippen LogP contribution in [0.25, 0.3) is 0 Å². The second-order valence-electron chi connectivity index (χ2n) is 6.93. The molecule has 0 radical (unpaired) electrons. The Hall–Kier alpha value is -2.68. The van der Waals surface area contributed by atoms with Gasteiger partial charge < -0.3 is 10.1 Å². The van der Waals surface area contributed by atoms with E-state index in [-0.39, 0.29) is 31.0 Å². The third kappa shape index (κ3) is 6.69. The van der Waals surface area contributed by atoms with Crippen LogP contribution in [0, 0.1) is 25.5 Å². The van der Waals surface area contributed by atoms with Gasteiger partial charge in [0.15, 0.2) is 11.6 Å². The fraction of sp³-hybridized carbons (Fsp3) is 0.381. The number of sulfonamides is 1. The molecule has 0 aliphatic carbocycles. The number of halogens is 2. The zero-order valence-corrected chi connectivity index (χ0v) is 18.1. The molecule has 164 valence electrons. The maximum Gasteiger partial charge on any atom is 0.232 e. The summed E-state index contributed by atoms with van der Waals surface area (Å²) in [5, 5.41) is 2.71. The van der Waals surface area contributed by atoms with Crippen LogP contribution in [0.2, 0.25) is 0 Å². The largest absolute Gasteiger partial charge is 0.491 e. The molecule has 0 saturated heterocycles. The summed E-state index contributed by atoms with van der Waals surface area (Å²) in [6.07, 6.45) is 1.27. The van der Waals surface area contributed by atoms with Crippen LogP contribution in [0.4, 0.5) is 14.5 Å². The van der Waals surface area contributed by atoms with Crippen LogP contribution in [0.1, 0.15) is 24.0 Å². The van der Waals surface area contributed by atoms with Crippen molar-refractivity contribution in [3.63, 3.8) is 0 Å². The van der Waals surface area contributed by atoms with E-state index < -0.39 is 21.7 Å². The van der Waals surface area contributed by atoms with Crippen molar-refractivity contribution in [1.29, 1.82) is 0 Å². The highest BCUT2D eigenvalue weighted by Crippen LogP contribution is 2.21. The first-order valence-electron chi connectivity index (χ1n) is 9.48. The number of benzene rings is 2. The zero-order valence-electron chi connectivity index (χ0n) is 17.2. The van der Waals surface area contributed by atoms with E-state index in [1.807, 2.05) is 32.0 Å². The fourth-order valence-corrected chi connectivity index (χ4v) is 3.79. The van der Waals surface area contributed by atoms with Gasteiger partial charge in [-0.25, -0.2) is 17.2 Å². The van der Waals surface area contributed by atoms with Crippen molar-refractivity contribution < 1.29 is 26.7 Å². The molecule has 1 N–H and O–H groups in total. The number of amides is 1. The van der Waals surface area contributed by atoms with Crippen LogP contribution in [-0.4, -0.2) is 40.3 Å². The normalized spacial score (nSPS) is 11.2. The van der Waals surface area contributed by atoms with E-state index in [9.17, 15) is 22.0 Å². The molecule has 0 aliphatic heterocycles. The fourth-order valence-electron chi connectivity index (χ4n) is 2.83. The first-order valence-corrected chi connectivity index (χ1v) is 11.3. The third-order valence-electron chi connectivity index (χ3n) is 4.59. The number of carbonyl (C=O) groups is 1. The number of hydrogen-bond donors (Lipinski definition) is 1. The van der Waals surface area contributed by atoms with Gasteiger partial charge in [0.25, 0.3) is 0 Å². The lowest BCUT2D eigenvalue weighted by Gasteiger charge is -2.22. The Balaban J connectivity index is 1.80. The van der Waals surface area contributed by atoms with Gasteiger partial charge in [-0.2, -0.15) is 0 Å². The van der Waals surface area contributed by atoms with E-state index in [0.29, 0.717) is 13.2 Å². The van der Waals surface area contributed by atoms with Gasteiger partial charge >= 0.3 is 0 Å². The predicted molar refractivity (Wildman–Crippen MR) is 112 cm³/mol. The smallest absolute Gasteiger partial charge is 0.232 e. The molecule has 30 heavy (non-hydrogen) atoms. The number of nitrogens with zero attached hydrogens (tertiary/aromatic N) is 1. The standard InChI is InChI=1S/C21H26F2N2O4S/c1-15-6-4-7-20(16(15)2)29-13-11-24-21(26)8-5-12-25(30(3,27)28)17-9-10-18(22)19(23)14-17/h4,6-7,9-10,14H,5,8,11-13H2,1-3H3,(H,24,26). The summed E-state index contributed by atoms with van der Waals surface area (Å²) in [5.74, 6) is -1.68. The van der Waals surface area contributed by atoms with Crippen LogP contribution < -0.4 is 14.4 Å². The van der Waals surface area contributed by atoms with Crippen molar-refractivity contribution in [1.82, 2.24) is 5.32 Å². The molecule has 1 amide bonds. The topological polar surface area (TPSA) is 75.7 Å². The summed E-state index contributed by atoms with van der Waals surface area (Å²) >= 11 is 0. The number of aryl methyl sites for hydroxylation is 1. The number of carbonyl (C=O) groups excluding carboxylic acids is 1. The molecular weight excluding hydrogens is 414 g/mol. The molecule has 2 aromatic carbocycles. The molecule has 2 rings (SSSR count). The SMILES string of the molecule is Cc1cccc(OCCNC(=O)CCCN(c2ccc(F)c(F)c2)S(C)(=O)=O)c1C. The Morgan fingerprint density at radius 1 is 1.13 bits per heavy atom. The van der Waals surface area contributed by atoms with Crippen molar-refractivity contribution >= 4 is 21.6 Å². The lowest BCUT2D eigenvalue weighted by molar-refractivity contribution is -0.121. The van der Waals surface area contributed by atoms with Crippen LogP contribution in [0.3, 0.4) is 0 Å². The molecule has 0 aromatic heterocycles. The molecule has 0 atom stereocenters. The highest BCUT2D eigenvalue weighted by molar-refractivity contribution is 7.92. The van der Waals surface area contributed by atoms with E-state index >= 15 is 0 Å². The van der Waals surface area contributed by atoms with Crippen molar-refractivity contribution in [3.05, 3.63) is 59.2 Å². The van der Waals surface area contributed by atoms with Crippen molar-refractivity contribution in [2.45, 2.75) is 26.7 Å². The summed E-state index contributed by atoms with van der Waals surface area (Å²) < 4.78 is 57.2. The first kappa shape index (κ1) is 23.6. The zero-order chi connectivity index (χ0) is 22.3. The third-order valence-corrected chi connectivity index (χ3v) is 5.79. The Labute approximate surface area is 175 Å². The van der Waals surface area contributed by atoms with E-state index in [2.05, 4.69) is 5.32 Å². The van der Waals surface area contributed by atoms with Gasteiger partial charge in [0.1, 0.15) is 12.4 Å². The van der Waals surface area contributed by atoms with E-state index in [1.165, 1.54) is 6.07 Å². The van der Waals surface area contributed by atoms with Crippen LogP contribution >= 0.6 is 0 Å². The summed E-state index contributed by atoms with van der Waals surface area (Å²) in [7, 11) is -3.71. The molecule has 0 spiro atoms. The second kappa shape index (κ2) is 10.4. The minimum Gasteiger partial charge on any atom is -0.491 e. The Morgan fingerprint density at radius 2 is 1.87 bits per heavy atom. The second-order valence-corrected chi connectivity index (χ2v) is 8.84. The highest BCUT2D eigenvalue weighted by atomic mass is 32.2. The molecular formula is C21H26F2N2O4S. The maximum atomic E-state index is 13.4. The summed E-state index contributed by atoms with van der Waals surface area (Å²) in [5.41, 5.74) is 2.17. The Bertz CT molecular complexity index is 996. The number of hydrogen-bond acceptors (Lipinski definition) is 4. The van der Waals surface area contributed by atoms with E-state index in [0.717, 1.165) is 39.6 Å². The summed E-state index contributed by atoms with van der Waals surface area (Å²) in [4.78, 5) is 12.0. The van der Waals surface area contributed by atoms with E-state index in [1.54, 1.807) is 0 Å². The molecule has 0 fully saturated rings. The maximum absolute atomic E-state index is 13.4. The average Bonchev–Trinajstić information content (AvgIpc) is 2.67. The molecule has 0 unspecified atom stereocenters. The molecule has 0 aliphatic rings. The van der Waals surface area contributed by atoms with Gasteiger partial charge in [-0.1, -0.05) is 12.1 Å². The number of rotatable bonds is 10. The minimum absolute atomic E-state index is 0.0127. The molecule has 0 bridgehead atoms. The average molecular weight is 441 g/mol. The quantitative estimate of drug-likeness (QED) is 0.575. The van der Waals surface area contributed by atoms with Gasteiger partial charge in [0, 0.05) is 19.0 Å². The molecule has 9 heteroatoms. The summed E-state index contributed by atoms with van der Waals surface area (Å²) in [6, 6.07) is 8.62. The molecule has 6 nitrogen and oxygen atoms in total. The number of anilines is 1. The minimum atomic E-state index is -3.71. The highest BCUT2D eigenvalue weighted by Gasteiger charge is 2.19. The summed E-state index contributed by atoms with van der Waals surface area (Å²) in [6.45, 7) is 4.54. The lowest BCUT2D eigenvalue weighted by atomic mass is 10.1. The van der Waals surface area contributed by atoms with Crippen LogP contribution in [0.15, 0.2) is 36.4 Å². The Morgan fingerprint density at radius 3 is 2.53 bits per heavy atom. The molecule has 2 aromatic rings. The Kier molecular flexibility index (Phi) is 8.16. The number of ether oxygens (including phenoxy) is 1. The van der Waals surface area contributed by atoms with Crippen molar-refractivity contribution in [2.24, 2.45) is 0 Å². The van der Waals surface area contributed by atoms with Gasteiger partial charge in [-0.15, -0.1) is 0 Å². The van der Waals surface area contributed by atoms with E-state index in [4.69, 9.17) is 4.74 Å². The van der Waals surface area contributed by atoms with Gasteiger partial charge in [-0.3, -0.25) is 9.10 Å². The molecule has 0 saturated carbocycles. The lowest BCUT2D eigenvalue weighted by Crippen LogP contribution is -2.33. The van der Waals surface area contributed by atoms with Gasteiger partial charge in [0.2, 0.25) is 15.9 Å². The van der Waals surface area contributed by atoms with Crippen molar-refractivity contribution in [2.75, 3.05) is 30.3 Å². The molecule has 0 heterocycles. The van der Waals surface area contributed by atoms with Crippen LogP contribution in [-0.2, 0) is 14.8 Å². The van der Waals surface area contributed by atoms with Gasteiger partial charge in [-0.05, 0) is 49.6 Å². The monoisotopic (exact) mass is 440 g/mol. The number of nitrogens with one attached hydrogen (secondary N) is 1. The predicted octanol–water partition coefficient (Wildman–Crippen LogP) is 3.32. The first-order chi connectivity index (χ1) is 14.1. The van der Waals surface area contributed by atoms with Gasteiger partial charge in [0.05, 0.1) is 18.5 Å². The van der Waals surface area contributed by atoms with Crippen molar-refractivity contribution in [3.8, 4) is 5.75 Å².